The molecule has 21 heavy (non-hydrogen) atoms. The van der Waals surface area contributed by atoms with E-state index in [2.05, 4.69) is 12.0 Å². The highest BCUT2D eigenvalue weighted by molar-refractivity contribution is 6.33. The Bertz CT molecular complexity index is 660. The first-order chi connectivity index (χ1) is 10.0. The Balaban J connectivity index is 2.22. The number of benzene rings is 1. The molecule has 0 spiro atoms. The Morgan fingerprint density at radius 3 is 2.71 bits per heavy atom. The normalized spacial score (nSPS) is 21.9. The van der Waals surface area contributed by atoms with Crippen molar-refractivity contribution in [2.45, 2.75) is 32.1 Å². The molecule has 112 valence electrons. The molecule has 0 radical (unpaired) electrons. The number of aromatic nitrogens is 2. The molecule has 1 heterocycles. The SMILES string of the molecule is CC1CCCC1c1nn(C)c(N)c1-c1c(F)cccc1Cl. The van der Waals surface area contributed by atoms with Crippen LogP contribution in [0.15, 0.2) is 18.2 Å². The van der Waals surface area contributed by atoms with E-state index in [1.807, 2.05) is 0 Å². The molecule has 2 aromatic rings. The fourth-order valence-corrected chi connectivity index (χ4v) is 3.62. The number of hydrogen-bond donors (Lipinski definition) is 1. The molecular weight excluding hydrogens is 289 g/mol. The van der Waals surface area contributed by atoms with E-state index in [-0.39, 0.29) is 5.82 Å². The average Bonchev–Trinajstić information content (AvgIpc) is 2.96. The van der Waals surface area contributed by atoms with Gasteiger partial charge in [0.2, 0.25) is 0 Å². The smallest absolute Gasteiger partial charge is 0.132 e. The third-order valence-corrected chi connectivity index (χ3v) is 4.86. The third-order valence-electron chi connectivity index (χ3n) is 4.54. The predicted octanol–water partition coefficient (Wildman–Crippen LogP) is 4.37. The summed E-state index contributed by atoms with van der Waals surface area (Å²) in [6, 6.07) is 4.70. The predicted molar refractivity (Wildman–Crippen MR) is 83.8 cm³/mol. The highest BCUT2D eigenvalue weighted by Crippen LogP contribution is 2.46. The van der Waals surface area contributed by atoms with Gasteiger partial charge >= 0.3 is 0 Å². The number of nitrogens with zero attached hydrogens (tertiary/aromatic N) is 2. The minimum absolute atomic E-state index is 0.319. The van der Waals surface area contributed by atoms with Crippen molar-refractivity contribution in [3.05, 3.63) is 34.7 Å². The number of halogens is 2. The monoisotopic (exact) mass is 307 g/mol. The minimum Gasteiger partial charge on any atom is -0.383 e. The van der Waals surface area contributed by atoms with E-state index in [1.165, 1.54) is 18.9 Å². The zero-order valence-electron chi connectivity index (χ0n) is 12.2. The molecule has 2 N–H and O–H groups in total. The minimum atomic E-state index is -0.353. The lowest BCUT2D eigenvalue weighted by molar-refractivity contribution is 0.516. The van der Waals surface area contributed by atoms with Crippen molar-refractivity contribution >= 4 is 17.4 Å². The molecule has 1 saturated carbocycles. The van der Waals surface area contributed by atoms with E-state index in [0.717, 1.165) is 12.1 Å². The van der Waals surface area contributed by atoms with Crippen LogP contribution in [0.2, 0.25) is 5.02 Å². The molecule has 0 saturated heterocycles. The molecule has 0 bridgehead atoms. The first-order valence-electron chi connectivity index (χ1n) is 7.27. The van der Waals surface area contributed by atoms with Crippen LogP contribution in [-0.2, 0) is 7.05 Å². The first-order valence-corrected chi connectivity index (χ1v) is 7.65. The van der Waals surface area contributed by atoms with Crippen molar-refractivity contribution in [2.24, 2.45) is 13.0 Å². The van der Waals surface area contributed by atoms with Crippen LogP contribution in [0.5, 0.6) is 0 Å². The summed E-state index contributed by atoms with van der Waals surface area (Å²) >= 11 is 6.23. The van der Waals surface area contributed by atoms with Crippen molar-refractivity contribution in [1.82, 2.24) is 9.78 Å². The van der Waals surface area contributed by atoms with Crippen LogP contribution in [0.1, 0.15) is 37.8 Å². The van der Waals surface area contributed by atoms with Gasteiger partial charge in [-0.3, -0.25) is 4.68 Å². The second kappa shape index (κ2) is 5.34. The molecule has 1 aromatic carbocycles. The number of hydrogen-bond acceptors (Lipinski definition) is 2. The lowest BCUT2D eigenvalue weighted by Crippen LogP contribution is -2.05. The lowest BCUT2D eigenvalue weighted by atomic mass is 9.89. The number of anilines is 1. The van der Waals surface area contributed by atoms with Crippen molar-refractivity contribution in [3.8, 4) is 11.1 Å². The standard InChI is InChI=1S/C16H19ClFN3/c1-9-5-3-6-10(9)15-14(16(19)21(2)20-15)13-11(17)7-4-8-12(13)18/h4,7-10H,3,5-6,19H2,1-2H3. The Hall–Kier alpha value is -1.55. The largest absolute Gasteiger partial charge is 0.383 e. The van der Waals surface area contributed by atoms with Gasteiger partial charge < -0.3 is 5.73 Å². The van der Waals surface area contributed by atoms with Crippen molar-refractivity contribution in [2.75, 3.05) is 5.73 Å². The maximum atomic E-state index is 14.3. The first kappa shape index (κ1) is 14.4. The molecule has 3 nitrogen and oxygen atoms in total. The van der Waals surface area contributed by atoms with Gasteiger partial charge in [0.05, 0.1) is 16.3 Å². The second-order valence-corrected chi connectivity index (χ2v) is 6.29. The lowest BCUT2D eigenvalue weighted by Gasteiger charge is -2.15. The van der Waals surface area contributed by atoms with E-state index in [4.69, 9.17) is 17.3 Å². The zero-order valence-corrected chi connectivity index (χ0v) is 13.0. The molecule has 1 aliphatic carbocycles. The number of nitrogen functional groups attached to an aromatic ring is 1. The van der Waals surface area contributed by atoms with Crippen LogP contribution >= 0.6 is 11.6 Å². The topological polar surface area (TPSA) is 43.8 Å². The average molecular weight is 308 g/mol. The van der Waals surface area contributed by atoms with Gasteiger partial charge in [0.15, 0.2) is 0 Å². The van der Waals surface area contributed by atoms with Crippen LogP contribution in [0, 0.1) is 11.7 Å². The molecule has 1 aromatic heterocycles. The Kier molecular flexibility index (Phi) is 3.66. The van der Waals surface area contributed by atoms with E-state index in [0.29, 0.717) is 33.8 Å². The van der Waals surface area contributed by atoms with Gasteiger partial charge in [-0.1, -0.05) is 37.4 Å². The molecule has 0 aliphatic heterocycles. The van der Waals surface area contributed by atoms with Crippen LogP contribution < -0.4 is 5.73 Å². The molecule has 1 aliphatic rings. The summed E-state index contributed by atoms with van der Waals surface area (Å²) in [4.78, 5) is 0. The van der Waals surface area contributed by atoms with Gasteiger partial charge in [-0.25, -0.2) is 4.39 Å². The van der Waals surface area contributed by atoms with E-state index >= 15 is 0 Å². The maximum Gasteiger partial charge on any atom is 0.132 e. The summed E-state index contributed by atoms with van der Waals surface area (Å²) in [5.74, 6) is 0.966. The molecule has 0 amide bonds. The number of nitrogens with two attached hydrogens (primary N) is 1. The summed E-state index contributed by atoms with van der Waals surface area (Å²) in [6.45, 7) is 2.22. The van der Waals surface area contributed by atoms with Gasteiger partial charge in [0.1, 0.15) is 11.6 Å². The summed E-state index contributed by atoms with van der Waals surface area (Å²) in [5.41, 5.74) is 8.08. The highest BCUT2D eigenvalue weighted by Gasteiger charge is 2.32. The highest BCUT2D eigenvalue weighted by atomic mass is 35.5. The van der Waals surface area contributed by atoms with Gasteiger partial charge in [-0.15, -0.1) is 0 Å². The van der Waals surface area contributed by atoms with E-state index < -0.39 is 0 Å². The maximum absolute atomic E-state index is 14.3. The van der Waals surface area contributed by atoms with Gasteiger partial charge in [-0.05, 0) is 24.5 Å². The van der Waals surface area contributed by atoms with Gasteiger partial charge in [-0.2, -0.15) is 5.10 Å². The number of rotatable bonds is 2. The summed E-state index contributed by atoms with van der Waals surface area (Å²) in [7, 11) is 1.79. The fraction of sp³-hybridized carbons (Fsp3) is 0.438. The summed E-state index contributed by atoms with van der Waals surface area (Å²) in [5, 5.41) is 4.94. The van der Waals surface area contributed by atoms with Gasteiger partial charge in [0.25, 0.3) is 0 Å². The zero-order chi connectivity index (χ0) is 15.1. The molecule has 3 rings (SSSR count). The Morgan fingerprint density at radius 1 is 1.33 bits per heavy atom. The van der Waals surface area contributed by atoms with Crippen LogP contribution in [-0.4, -0.2) is 9.78 Å². The second-order valence-electron chi connectivity index (χ2n) is 5.88. The van der Waals surface area contributed by atoms with Crippen molar-refractivity contribution in [3.63, 3.8) is 0 Å². The summed E-state index contributed by atoms with van der Waals surface area (Å²) < 4.78 is 15.9. The fourth-order valence-electron chi connectivity index (χ4n) is 3.36. The quantitative estimate of drug-likeness (QED) is 0.895. The van der Waals surface area contributed by atoms with E-state index in [1.54, 1.807) is 23.9 Å². The van der Waals surface area contributed by atoms with Gasteiger partial charge in [0, 0.05) is 18.5 Å². The molecule has 1 fully saturated rings. The molecule has 5 heteroatoms. The number of aryl methyl sites for hydroxylation is 1. The Labute approximate surface area is 128 Å². The van der Waals surface area contributed by atoms with Crippen LogP contribution in [0.25, 0.3) is 11.1 Å². The Morgan fingerprint density at radius 2 is 2.10 bits per heavy atom. The molecular formula is C16H19ClFN3. The van der Waals surface area contributed by atoms with Crippen LogP contribution in [0.3, 0.4) is 0 Å². The van der Waals surface area contributed by atoms with Crippen molar-refractivity contribution < 1.29 is 4.39 Å². The third kappa shape index (κ3) is 2.31. The van der Waals surface area contributed by atoms with Crippen LogP contribution in [0.4, 0.5) is 10.2 Å². The molecule has 2 unspecified atom stereocenters. The van der Waals surface area contributed by atoms with E-state index in [9.17, 15) is 4.39 Å². The van der Waals surface area contributed by atoms with Crippen molar-refractivity contribution in [1.29, 1.82) is 0 Å². The summed E-state index contributed by atoms with van der Waals surface area (Å²) in [6.07, 6.45) is 3.41. The molecule has 2 atom stereocenters.